The van der Waals surface area contributed by atoms with Crippen LogP contribution in [0.2, 0.25) is 0 Å². The highest BCUT2D eigenvalue weighted by atomic mass is 19.4. The van der Waals surface area contributed by atoms with Crippen molar-refractivity contribution in [2.24, 2.45) is 0 Å². The van der Waals surface area contributed by atoms with Crippen LogP contribution in [0, 0.1) is 0 Å². The Labute approximate surface area is 172 Å². The van der Waals surface area contributed by atoms with Crippen LogP contribution in [-0.2, 0) is 6.18 Å². The number of pyridine rings is 1. The maximum atomic E-state index is 13.8. The summed E-state index contributed by atoms with van der Waals surface area (Å²) in [5.74, 6) is 0. The Morgan fingerprint density at radius 1 is 0.862 bits per heavy atom. The Bertz CT molecular complexity index is 744. The van der Waals surface area contributed by atoms with Crippen LogP contribution in [0.15, 0.2) is 42.7 Å². The molecule has 0 spiro atoms. The molecule has 1 aromatic heterocycles. The Kier molecular flexibility index (Phi) is 9.23. The van der Waals surface area contributed by atoms with E-state index >= 15 is 0 Å². The zero-order valence-corrected chi connectivity index (χ0v) is 17.4. The second-order valence-electron chi connectivity index (χ2n) is 7.28. The van der Waals surface area contributed by atoms with Crippen LogP contribution in [0.3, 0.4) is 0 Å². The number of benzene rings is 1. The molecule has 0 aliphatic carbocycles. The first kappa shape index (κ1) is 23.0. The second kappa shape index (κ2) is 11.6. The van der Waals surface area contributed by atoms with Crippen LogP contribution < -0.4 is 4.90 Å². The Hall–Kier alpha value is -2.30. The zero-order chi connectivity index (χ0) is 21.1. The van der Waals surface area contributed by atoms with Crippen LogP contribution in [0.5, 0.6) is 0 Å². The van der Waals surface area contributed by atoms with Gasteiger partial charge >= 0.3 is 6.18 Å². The Morgan fingerprint density at radius 3 is 2.03 bits per heavy atom. The van der Waals surface area contributed by atoms with E-state index in [2.05, 4.69) is 23.7 Å². The van der Waals surface area contributed by atoms with Gasteiger partial charge in [-0.3, -0.25) is 4.98 Å². The number of anilines is 1. The molecule has 0 unspecified atom stereocenters. The van der Waals surface area contributed by atoms with Crippen LogP contribution >= 0.6 is 0 Å². The SMILES string of the molecule is CCCCCN(CCCCC)c1ccc(C=Cc2ccncc2)c(C(F)(F)F)c1. The van der Waals surface area contributed by atoms with Gasteiger partial charge < -0.3 is 4.90 Å². The summed E-state index contributed by atoms with van der Waals surface area (Å²) in [6.07, 6.45) is 8.41. The van der Waals surface area contributed by atoms with Crippen molar-refractivity contribution in [1.82, 2.24) is 4.98 Å². The maximum absolute atomic E-state index is 13.8. The smallest absolute Gasteiger partial charge is 0.372 e. The third-order valence-corrected chi connectivity index (χ3v) is 4.93. The zero-order valence-electron chi connectivity index (χ0n) is 17.4. The average molecular weight is 405 g/mol. The number of rotatable bonds is 11. The molecule has 1 aromatic carbocycles. The molecule has 0 aliphatic heterocycles. The molecular weight excluding hydrogens is 373 g/mol. The lowest BCUT2D eigenvalue weighted by Gasteiger charge is -2.26. The fourth-order valence-corrected chi connectivity index (χ4v) is 3.27. The minimum absolute atomic E-state index is 0.181. The number of alkyl halides is 3. The number of nitrogens with zero attached hydrogens (tertiary/aromatic N) is 2. The van der Waals surface area contributed by atoms with E-state index in [0.29, 0.717) is 5.69 Å². The number of unbranched alkanes of at least 4 members (excludes halogenated alkanes) is 4. The minimum Gasteiger partial charge on any atom is -0.372 e. The Morgan fingerprint density at radius 2 is 1.48 bits per heavy atom. The van der Waals surface area contributed by atoms with Crippen LogP contribution in [0.4, 0.5) is 18.9 Å². The summed E-state index contributed by atoms with van der Waals surface area (Å²) in [5.41, 5.74) is 1.07. The van der Waals surface area contributed by atoms with Crippen molar-refractivity contribution >= 4 is 17.8 Å². The molecule has 2 nitrogen and oxygen atoms in total. The van der Waals surface area contributed by atoms with Crippen molar-refractivity contribution in [3.8, 4) is 0 Å². The molecule has 0 aliphatic rings. The van der Waals surface area contributed by atoms with Crippen molar-refractivity contribution in [2.75, 3.05) is 18.0 Å². The van der Waals surface area contributed by atoms with Gasteiger partial charge in [-0.05, 0) is 48.2 Å². The van der Waals surface area contributed by atoms with E-state index in [9.17, 15) is 13.2 Å². The molecule has 5 heteroatoms. The van der Waals surface area contributed by atoms with Gasteiger partial charge in [-0.25, -0.2) is 0 Å². The van der Waals surface area contributed by atoms with Crippen LogP contribution in [-0.4, -0.2) is 18.1 Å². The number of halogens is 3. The third-order valence-electron chi connectivity index (χ3n) is 4.93. The van der Waals surface area contributed by atoms with Gasteiger partial charge in [0.2, 0.25) is 0 Å². The van der Waals surface area contributed by atoms with Crippen molar-refractivity contribution in [3.63, 3.8) is 0 Å². The van der Waals surface area contributed by atoms with E-state index in [1.54, 1.807) is 36.7 Å². The average Bonchev–Trinajstić information content (AvgIpc) is 2.71. The van der Waals surface area contributed by atoms with Gasteiger partial charge in [-0.15, -0.1) is 0 Å². The first-order valence-corrected chi connectivity index (χ1v) is 10.5. The van der Waals surface area contributed by atoms with E-state index in [-0.39, 0.29) is 5.56 Å². The quantitative estimate of drug-likeness (QED) is 0.361. The molecule has 0 saturated carbocycles. The summed E-state index contributed by atoms with van der Waals surface area (Å²) in [4.78, 5) is 6.04. The topological polar surface area (TPSA) is 16.1 Å². The van der Waals surface area contributed by atoms with Crippen LogP contribution in [0.1, 0.15) is 69.1 Å². The lowest BCUT2D eigenvalue weighted by atomic mass is 10.0. The normalized spacial score (nSPS) is 11.9. The van der Waals surface area contributed by atoms with Gasteiger partial charge in [0, 0.05) is 31.2 Å². The molecule has 29 heavy (non-hydrogen) atoms. The van der Waals surface area contributed by atoms with Crippen molar-refractivity contribution in [1.29, 1.82) is 0 Å². The number of hydrogen-bond acceptors (Lipinski definition) is 2. The molecule has 0 bridgehead atoms. The molecule has 0 atom stereocenters. The lowest BCUT2D eigenvalue weighted by molar-refractivity contribution is -0.137. The molecule has 0 fully saturated rings. The van der Waals surface area contributed by atoms with Crippen molar-refractivity contribution in [3.05, 3.63) is 59.4 Å². The summed E-state index contributed by atoms with van der Waals surface area (Å²) in [6.45, 7) is 5.85. The van der Waals surface area contributed by atoms with E-state index in [1.165, 1.54) is 12.1 Å². The standard InChI is InChI=1S/C24H31F3N2/c1-3-5-7-17-29(18-8-6-4-2)22-12-11-21(23(19-22)24(25,26)27)10-9-20-13-15-28-16-14-20/h9-16,19H,3-8,17-18H2,1-2H3. The van der Waals surface area contributed by atoms with E-state index in [4.69, 9.17) is 0 Å². The molecular formula is C24H31F3N2. The predicted octanol–water partition coefficient (Wildman–Crippen LogP) is 7.46. The third kappa shape index (κ3) is 7.56. The summed E-state index contributed by atoms with van der Waals surface area (Å²) >= 11 is 0. The molecule has 158 valence electrons. The molecule has 0 saturated heterocycles. The van der Waals surface area contributed by atoms with Crippen molar-refractivity contribution < 1.29 is 13.2 Å². The summed E-state index contributed by atoms with van der Waals surface area (Å²) < 4.78 is 41.3. The first-order valence-electron chi connectivity index (χ1n) is 10.5. The van der Waals surface area contributed by atoms with Gasteiger partial charge in [0.15, 0.2) is 0 Å². The van der Waals surface area contributed by atoms with Gasteiger partial charge in [0.05, 0.1) is 5.56 Å². The highest BCUT2D eigenvalue weighted by molar-refractivity contribution is 5.72. The van der Waals surface area contributed by atoms with Crippen molar-refractivity contribution in [2.45, 2.75) is 58.5 Å². The van der Waals surface area contributed by atoms with Gasteiger partial charge in [-0.1, -0.05) is 57.7 Å². The monoisotopic (exact) mass is 404 g/mol. The molecule has 0 N–H and O–H groups in total. The molecule has 2 rings (SSSR count). The summed E-state index contributed by atoms with van der Waals surface area (Å²) in [5, 5.41) is 0. The lowest BCUT2D eigenvalue weighted by Crippen LogP contribution is -2.26. The molecule has 2 aromatic rings. The van der Waals surface area contributed by atoms with Crippen LogP contribution in [0.25, 0.3) is 12.2 Å². The summed E-state index contributed by atoms with van der Waals surface area (Å²) in [6, 6.07) is 8.24. The minimum atomic E-state index is -4.40. The van der Waals surface area contributed by atoms with E-state index in [0.717, 1.165) is 57.2 Å². The number of hydrogen-bond donors (Lipinski definition) is 0. The van der Waals surface area contributed by atoms with Gasteiger partial charge in [0.1, 0.15) is 0 Å². The maximum Gasteiger partial charge on any atom is 0.417 e. The fraction of sp³-hybridized carbons (Fsp3) is 0.458. The highest BCUT2D eigenvalue weighted by Gasteiger charge is 2.33. The highest BCUT2D eigenvalue weighted by Crippen LogP contribution is 2.35. The van der Waals surface area contributed by atoms with Gasteiger partial charge in [0.25, 0.3) is 0 Å². The van der Waals surface area contributed by atoms with E-state index < -0.39 is 11.7 Å². The molecule has 1 heterocycles. The summed E-state index contributed by atoms with van der Waals surface area (Å²) in [7, 11) is 0. The fourth-order valence-electron chi connectivity index (χ4n) is 3.27. The van der Waals surface area contributed by atoms with Gasteiger partial charge in [-0.2, -0.15) is 13.2 Å². The largest absolute Gasteiger partial charge is 0.417 e. The van der Waals surface area contributed by atoms with E-state index in [1.807, 2.05) is 6.07 Å². The second-order valence-corrected chi connectivity index (χ2v) is 7.28. The first-order chi connectivity index (χ1) is 14.0. The predicted molar refractivity (Wildman–Crippen MR) is 116 cm³/mol. The molecule has 0 amide bonds. The number of aromatic nitrogens is 1. The Balaban J connectivity index is 2.30. The molecule has 0 radical (unpaired) electrons.